The molecule has 2 atom stereocenters. The minimum absolute atomic E-state index is 0.171. The number of nitrogens with zero attached hydrogens (tertiary/aromatic N) is 1. The van der Waals surface area contributed by atoms with Gasteiger partial charge in [0, 0.05) is 13.2 Å². The summed E-state index contributed by atoms with van der Waals surface area (Å²) in [5, 5.41) is 2.67. The molecule has 2 unspecified atom stereocenters. The van der Waals surface area contributed by atoms with Crippen LogP contribution >= 0.6 is 0 Å². The maximum atomic E-state index is 11.9. The van der Waals surface area contributed by atoms with E-state index >= 15 is 0 Å². The summed E-state index contributed by atoms with van der Waals surface area (Å²) in [6, 6.07) is -0.723. The van der Waals surface area contributed by atoms with Crippen LogP contribution in [-0.4, -0.2) is 48.7 Å². The first-order valence-electron chi connectivity index (χ1n) is 6.07. The quantitative estimate of drug-likeness (QED) is 0.620. The van der Waals surface area contributed by atoms with Crippen molar-refractivity contribution in [2.24, 2.45) is 5.73 Å². The zero-order valence-corrected chi connectivity index (χ0v) is 10.4. The van der Waals surface area contributed by atoms with Crippen molar-refractivity contribution in [3.05, 3.63) is 0 Å². The van der Waals surface area contributed by atoms with Gasteiger partial charge in [0.2, 0.25) is 0 Å². The first-order chi connectivity index (χ1) is 8.13. The predicted octanol–water partition coefficient (Wildman–Crippen LogP) is 0.0707. The van der Waals surface area contributed by atoms with Gasteiger partial charge in [-0.2, -0.15) is 0 Å². The van der Waals surface area contributed by atoms with Gasteiger partial charge < -0.3 is 15.8 Å². The molecular weight excluding hydrogens is 222 g/mol. The van der Waals surface area contributed by atoms with Crippen LogP contribution in [-0.2, 0) is 9.53 Å². The van der Waals surface area contributed by atoms with Crippen molar-refractivity contribution in [1.82, 2.24) is 10.2 Å². The lowest BCUT2D eigenvalue weighted by atomic mass is 10.1. The van der Waals surface area contributed by atoms with Crippen molar-refractivity contribution >= 4 is 11.9 Å². The molecule has 1 aliphatic rings. The predicted molar refractivity (Wildman–Crippen MR) is 63.4 cm³/mol. The maximum absolute atomic E-state index is 11.9. The Kier molecular flexibility index (Phi) is 5.37. The highest BCUT2D eigenvalue weighted by molar-refractivity contribution is 6.04. The molecule has 0 aliphatic carbocycles. The Morgan fingerprint density at radius 1 is 1.47 bits per heavy atom. The number of nitrogens with two attached hydrogens (primary N) is 1. The number of ether oxygens (including phenoxy) is 1. The molecule has 1 rings (SSSR count). The number of hydrogen-bond acceptors (Lipinski definition) is 4. The van der Waals surface area contributed by atoms with Gasteiger partial charge in [-0.1, -0.05) is 13.3 Å². The van der Waals surface area contributed by atoms with E-state index in [1.807, 2.05) is 13.8 Å². The summed E-state index contributed by atoms with van der Waals surface area (Å²) >= 11 is 0. The van der Waals surface area contributed by atoms with E-state index in [1.165, 1.54) is 4.90 Å². The van der Waals surface area contributed by atoms with Gasteiger partial charge >= 0.3 is 6.03 Å². The molecular formula is C11H21N3O3. The van der Waals surface area contributed by atoms with E-state index in [2.05, 4.69) is 5.32 Å². The standard InChI is InChI=1S/C11H21N3O3/c1-3-5-9-10(15)14(11(16)13-9)7-8(6-12)17-4-2/h8-9H,3-7,12H2,1-2H3,(H,13,16). The Morgan fingerprint density at radius 3 is 2.71 bits per heavy atom. The SMILES string of the molecule is CCCC1NC(=O)N(CC(CN)OCC)C1=O. The van der Waals surface area contributed by atoms with Crippen molar-refractivity contribution in [3.8, 4) is 0 Å². The van der Waals surface area contributed by atoms with Crippen molar-refractivity contribution in [2.75, 3.05) is 19.7 Å². The van der Waals surface area contributed by atoms with Crippen molar-refractivity contribution in [2.45, 2.75) is 38.8 Å². The molecule has 0 spiro atoms. The summed E-state index contributed by atoms with van der Waals surface area (Å²) in [6.07, 6.45) is 1.24. The fourth-order valence-corrected chi connectivity index (χ4v) is 1.87. The number of imide groups is 1. The molecule has 98 valence electrons. The number of rotatable bonds is 7. The molecule has 1 saturated heterocycles. The summed E-state index contributed by atoms with van der Waals surface area (Å²) in [5.74, 6) is -0.171. The van der Waals surface area contributed by atoms with Crippen LogP contribution in [0, 0.1) is 0 Å². The average Bonchev–Trinajstić information content (AvgIpc) is 2.56. The highest BCUT2D eigenvalue weighted by Gasteiger charge is 2.38. The average molecular weight is 243 g/mol. The Bertz CT molecular complexity index is 283. The molecule has 0 aromatic carbocycles. The molecule has 0 saturated carbocycles. The first-order valence-corrected chi connectivity index (χ1v) is 6.07. The van der Waals surface area contributed by atoms with E-state index in [0.717, 1.165) is 6.42 Å². The lowest BCUT2D eigenvalue weighted by Crippen LogP contribution is -2.42. The van der Waals surface area contributed by atoms with E-state index in [0.29, 0.717) is 19.6 Å². The number of hydrogen-bond donors (Lipinski definition) is 2. The molecule has 17 heavy (non-hydrogen) atoms. The number of nitrogens with one attached hydrogen (secondary N) is 1. The molecule has 0 radical (unpaired) electrons. The highest BCUT2D eigenvalue weighted by Crippen LogP contribution is 2.12. The third-order valence-electron chi connectivity index (χ3n) is 2.74. The Balaban J connectivity index is 2.58. The lowest BCUT2D eigenvalue weighted by molar-refractivity contribution is -0.128. The van der Waals surface area contributed by atoms with E-state index < -0.39 is 0 Å². The topological polar surface area (TPSA) is 84.7 Å². The zero-order chi connectivity index (χ0) is 12.8. The molecule has 3 N–H and O–H groups in total. The third-order valence-corrected chi connectivity index (χ3v) is 2.74. The largest absolute Gasteiger partial charge is 0.375 e. The van der Waals surface area contributed by atoms with Gasteiger partial charge in [0.1, 0.15) is 6.04 Å². The fourth-order valence-electron chi connectivity index (χ4n) is 1.87. The van der Waals surface area contributed by atoms with Gasteiger partial charge in [0.15, 0.2) is 0 Å². The molecule has 0 bridgehead atoms. The van der Waals surface area contributed by atoms with Crippen LogP contribution in [0.15, 0.2) is 0 Å². The van der Waals surface area contributed by atoms with Gasteiger partial charge in [-0.05, 0) is 13.3 Å². The lowest BCUT2D eigenvalue weighted by Gasteiger charge is -2.20. The van der Waals surface area contributed by atoms with Gasteiger partial charge in [0.05, 0.1) is 12.6 Å². The fraction of sp³-hybridized carbons (Fsp3) is 0.818. The minimum atomic E-state index is -0.382. The van der Waals surface area contributed by atoms with Crippen LogP contribution in [0.4, 0.5) is 4.79 Å². The number of carbonyl (C=O) groups is 2. The van der Waals surface area contributed by atoms with Crippen LogP contribution in [0.2, 0.25) is 0 Å². The summed E-state index contributed by atoms with van der Waals surface area (Å²) in [4.78, 5) is 24.7. The second kappa shape index (κ2) is 6.56. The van der Waals surface area contributed by atoms with Crippen LogP contribution in [0.1, 0.15) is 26.7 Å². The summed E-state index contributed by atoms with van der Waals surface area (Å²) in [5.41, 5.74) is 5.53. The summed E-state index contributed by atoms with van der Waals surface area (Å²) in [6.45, 7) is 4.88. The molecule has 1 heterocycles. The highest BCUT2D eigenvalue weighted by atomic mass is 16.5. The minimum Gasteiger partial charge on any atom is -0.375 e. The van der Waals surface area contributed by atoms with Crippen molar-refractivity contribution in [3.63, 3.8) is 0 Å². The number of amides is 3. The monoisotopic (exact) mass is 243 g/mol. The molecule has 1 aliphatic heterocycles. The van der Waals surface area contributed by atoms with E-state index in [1.54, 1.807) is 0 Å². The first kappa shape index (κ1) is 13.9. The van der Waals surface area contributed by atoms with Gasteiger partial charge in [0.25, 0.3) is 5.91 Å². The zero-order valence-electron chi connectivity index (χ0n) is 10.4. The Labute approximate surface area is 101 Å². The molecule has 3 amide bonds. The molecule has 1 fully saturated rings. The normalized spacial score (nSPS) is 21.8. The second-order valence-electron chi connectivity index (χ2n) is 4.05. The number of urea groups is 1. The van der Waals surface area contributed by atoms with E-state index in [4.69, 9.17) is 10.5 Å². The maximum Gasteiger partial charge on any atom is 0.324 e. The van der Waals surface area contributed by atoms with Gasteiger partial charge in [-0.3, -0.25) is 9.69 Å². The van der Waals surface area contributed by atoms with Crippen LogP contribution in [0.5, 0.6) is 0 Å². The van der Waals surface area contributed by atoms with E-state index in [9.17, 15) is 9.59 Å². The molecule has 0 aromatic heterocycles. The van der Waals surface area contributed by atoms with Gasteiger partial charge in [-0.15, -0.1) is 0 Å². The molecule has 6 nitrogen and oxygen atoms in total. The van der Waals surface area contributed by atoms with Crippen molar-refractivity contribution in [1.29, 1.82) is 0 Å². The second-order valence-corrected chi connectivity index (χ2v) is 4.05. The Morgan fingerprint density at radius 2 is 2.18 bits per heavy atom. The molecule has 0 aromatic rings. The summed E-state index contributed by atoms with van der Waals surface area (Å²) < 4.78 is 5.35. The van der Waals surface area contributed by atoms with Crippen LogP contribution in [0.3, 0.4) is 0 Å². The van der Waals surface area contributed by atoms with Crippen LogP contribution < -0.4 is 11.1 Å². The summed E-state index contributed by atoms with van der Waals surface area (Å²) in [7, 11) is 0. The van der Waals surface area contributed by atoms with Gasteiger partial charge in [-0.25, -0.2) is 4.79 Å². The smallest absolute Gasteiger partial charge is 0.324 e. The van der Waals surface area contributed by atoms with Crippen LogP contribution in [0.25, 0.3) is 0 Å². The van der Waals surface area contributed by atoms with Crippen molar-refractivity contribution < 1.29 is 14.3 Å². The molecule has 6 heteroatoms. The van der Waals surface area contributed by atoms with E-state index in [-0.39, 0.29) is 30.6 Å². The number of carbonyl (C=O) groups excluding carboxylic acids is 2. The third kappa shape index (κ3) is 3.41. The Hall–Kier alpha value is -1.14.